The van der Waals surface area contributed by atoms with Crippen LogP contribution in [-0.4, -0.2) is 13.6 Å². The standard InChI is InChI=1S/C18H15GeO.3O.Re/c20-19(16-10-4-1-5-11-16,17-12-6-2-7-13-17)18-14-8-3-9-15-18;;;;/h1-15H;;;;/q-1;;;;+1. The predicted octanol–water partition coefficient (Wildman–Crippen LogP) is 1.78. The summed E-state index contributed by atoms with van der Waals surface area (Å²) < 4.78 is 43.1. The third-order valence-corrected chi connectivity index (χ3v) is 19.7. The molecule has 0 aromatic heterocycles. The fourth-order valence-corrected chi connectivity index (χ4v) is 20.5. The van der Waals surface area contributed by atoms with Crippen LogP contribution in [0.4, 0.5) is 0 Å². The molecule has 0 amide bonds. The molecule has 0 bridgehead atoms. The zero-order valence-corrected chi connectivity index (χ0v) is 17.5. The molecule has 0 fully saturated rings. The van der Waals surface area contributed by atoms with Crippen molar-refractivity contribution in [1.29, 1.82) is 0 Å². The molecule has 0 atom stereocenters. The minimum absolute atomic E-state index is 0.774. The molecule has 4 nitrogen and oxygen atoms in total. The fourth-order valence-electron chi connectivity index (χ4n) is 2.79. The number of hydrogen-bond acceptors (Lipinski definition) is 4. The van der Waals surface area contributed by atoms with Crippen molar-refractivity contribution >= 4 is 26.8 Å². The first-order valence-corrected chi connectivity index (χ1v) is 15.7. The third-order valence-electron chi connectivity index (χ3n) is 3.75. The van der Waals surface area contributed by atoms with E-state index in [1.807, 2.05) is 91.0 Å². The molecule has 6 heteroatoms. The van der Waals surface area contributed by atoms with Gasteiger partial charge in [0.05, 0.1) is 0 Å². The third kappa shape index (κ3) is 3.50. The molecular formula is C18H15GeO4Re. The molecule has 3 aromatic rings. The van der Waals surface area contributed by atoms with Crippen LogP contribution in [0.1, 0.15) is 0 Å². The summed E-state index contributed by atoms with van der Waals surface area (Å²) in [6, 6.07) is 27.6. The zero-order valence-electron chi connectivity index (χ0n) is 12.7. The molecule has 3 rings (SSSR count). The molecule has 0 heterocycles. The van der Waals surface area contributed by atoms with Gasteiger partial charge in [0, 0.05) is 0 Å². The van der Waals surface area contributed by atoms with E-state index in [1.165, 1.54) is 0 Å². The molecule has 122 valence electrons. The SMILES string of the molecule is [O]=[Re](=[O])(=[O])[O][Ge]([c]1ccccc1)([c]1ccccc1)[c]1ccccc1. The zero-order chi connectivity index (χ0) is 17.0. The molecule has 0 saturated carbocycles. The van der Waals surface area contributed by atoms with Gasteiger partial charge in [-0.15, -0.1) is 0 Å². The molecule has 0 saturated heterocycles. The first kappa shape index (κ1) is 17.1. The Bertz CT molecular complexity index is 857. The normalized spacial score (nSPS) is 12.0. The summed E-state index contributed by atoms with van der Waals surface area (Å²) in [7, 11) is 0. The van der Waals surface area contributed by atoms with Crippen molar-refractivity contribution < 1.29 is 28.7 Å². The van der Waals surface area contributed by atoms with Gasteiger partial charge in [0.1, 0.15) is 0 Å². The van der Waals surface area contributed by atoms with Crippen LogP contribution in [0.5, 0.6) is 0 Å². The van der Waals surface area contributed by atoms with Crippen LogP contribution in [-0.2, 0) is 28.7 Å². The molecular weight excluding hydrogens is 539 g/mol. The Hall–Kier alpha value is -1.77. The molecule has 0 aliphatic carbocycles. The Morgan fingerprint density at radius 2 is 0.833 bits per heavy atom. The average Bonchev–Trinajstić information content (AvgIpc) is 2.61. The van der Waals surface area contributed by atoms with Crippen LogP contribution in [0.2, 0.25) is 0 Å². The number of hydrogen-bond donors (Lipinski definition) is 0. The van der Waals surface area contributed by atoms with Crippen molar-refractivity contribution in [1.82, 2.24) is 0 Å². The summed E-state index contributed by atoms with van der Waals surface area (Å²) in [6.45, 7) is 0. The maximum absolute atomic E-state index is 11.8. The van der Waals surface area contributed by atoms with E-state index >= 15 is 0 Å². The summed E-state index contributed by atoms with van der Waals surface area (Å²) in [5.74, 6) is 0. The van der Waals surface area contributed by atoms with Gasteiger partial charge in [0.15, 0.2) is 0 Å². The van der Waals surface area contributed by atoms with Gasteiger partial charge in [-0.1, -0.05) is 0 Å². The van der Waals surface area contributed by atoms with Crippen LogP contribution in [0, 0.1) is 0 Å². The summed E-state index contributed by atoms with van der Waals surface area (Å²) in [5.41, 5.74) is 0. The van der Waals surface area contributed by atoms with Crippen LogP contribution in [0.25, 0.3) is 0 Å². The van der Waals surface area contributed by atoms with Crippen LogP contribution >= 0.6 is 0 Å². The molecule has 24 heavy (non-hydrogen) atoms. The van der Waals surface area contributed by atoms with Crippen molar-refractivity contribution in [3.05, 3.63) is 91.0 Å². The number of rotatable bonds is 5. The van der Waals surface area contributed by atoms with Gasteiger partial charge >= 0.3 is 146 Å². The molecule has 0 radical (unpaired) electrons. The van der Waals surface area contributed by atoms with Gasteiger partial charge in [0.2, 0.25) is 0 Å². The van der Waals surface area contributed by atoms with Gasteiger partial charge in [-0.2, -0.15) is 0 Å². The second kappa shape index (κ2) is 7.00. The van der Waals surface area contributed by atoms with Crippen LogP contribution < -0.4 is 13.2 Å². The van der Waals surface area contributed by atoms with E-state index in [0.29, 0.717) is 0 Å². The maximum atomic E-state index is 11.8. The number of benzene rings is 3. The van der Waals surface area contributed by atoms with E-state index in [4.69, 9.17) is 2.49 Å². The first-order chi connectivity index (χ1) is 11.5. The molecule has 0 aliphatic rings. The summed E-state index contributed by atoms with van der Waals surface area (Å²) in [6.07, 6.45) is 0. The van der Waals surface area contributed by atoms with Crippen LogP contribution in [0.3, 0.4) is 0 Å². The second-order valence-corrected chi connectivity index (χ2v) is 17.6. The molecule has 3 aromatic carbocycles. The summed E-state index contributed by atoms with van der Waals surface area (Å²) in [5, 5.41) is 0. The molecule has 0 aliphatic heterocycles. The van der Waals surface area contributed by atoms with Crippen molar-refractivity contribution in [3.63, 3.8) is 0 Å². The molecule has 0 spiro atoms. The van der Waals surface area contributed by atoms with Gasteiger partial charge in [-0.05, 0) is 0 Å². The topological polar surface area (TPSA) is 60.4 Å². The van der Waals surface area contributed by atoms with Gasteiger partial charge in [-0.25, -0.2) is 0 Å². The quantitative estimate of drug-likeness (QED) is 0.452. The Balaban J connectivity index is 2.39. The van der Waals surface area contributed by atoms with Crippen molar-refractivity contribution in [2.24, 2.45) is 0 Å². The molecule has 0 N–H and O–H groups in total. The first-order valence-electron chi connectivity index (χ1n) is 7.30. The minimum atomic E-state index is -6.20. The van der Waals surface area contributed by atoms with Crippen LogP contribution in [0.15, 0.2) is 91.0 Å². The summed E-state index contributed by atoms with van der Waals surface area (Å²) >= 11 is -10.3. The van der Waals surface area contributed by atoms with Gasteiger partial charge < -0.3 is 0 Å². The Morgan fingerprint density at radius 1 is 0.542 bits per heavy atom. The van der Waals surface area contributed by atoms with Crippen molar-refractivity contribution in [2.75, 3.05) is 0 Å². The summed E-state index contributed by atoms with van der Waals surface area (Å²) in [4.78, 5) is 0. The van der Waals surface area contributed by atoms with E-state index in [2.05, 4.69) is 0 Å². The van der Waals surface area contributed by atoms with E-state index in [1.54, 1.807) is 0 Å². The Labute approximate surface area is 146 Å². The van der Waals surface area contributed by atoms with E-state index in [-0.39, 0.29) is 0 Å². The molecule has 0 unspecified atom stereocenters. The van der Waals surface area contributed by atoms with E-state index < -0.39 is 29.4 Å². The fraction of sp³-hybridized carbons (Fsp3) is 0. The average molecular weight is 554 g/mol. The van der Waals surface area contributed by atoms with Crippen molar-refractivity contribution in [3.8, 4) is 0 Å². The second-order valence-electron chi connectivity index (χ2n) is 5.23. The Morgan fingerprint density at radius 3 is 1.08 bits per heavy atom. The van der Waals surface area contributed by atoms with E-state index in [9.17, 15) is 10.4 Å². The van der Waals surface area contributed by atoms with E-state index in [0.717, 1.165) is 13.2 Å². The van der Waals surface area contributed by atoms with Gasteiger partial charge in [-0.3, -0.25) is 0 Å². The van der Waals surface area contributed by atoms with Crippen molar-refractivity contribution in [2.45, 2.75) is 0 Å². The Kier molecular flexibility index (Phi) is 4.97. The predicted molar refractivity (Wildman–Crippen MR) is 87.1 cm³/mol. The van der Waals surface area contributed by atoms with Gasteiger partial charge in [0.25, 0.3) is 0 Å². The monoisotopic (exact) mass is 556 g/mol.